The lowest BCUT2D eigenvalue weighted by atomic mass is 9.87. The summed E-state index contributed by atoms with van der Waals surface area (Å²) in [6.07, 6.45) is 0.658. The van der Waals surface area contributed by atoms with E-state index in [4.69, 9.17) is 20.1 Å². The van der Waals surface area contributed by atoms with Gasteiger partial charge in [0.05, 0.1) is 26.4 Å². The summed E-state index contributed by atoms with van der Waals surface area (Å²) >= 11 is 0. The highest BCUT2D eigenvalue weighted by Gasteiger charge is 2.39. The molecule has 3 N–H and O–H groups in total. The number of carbonyl (C=O) groups excluding carboxylic acids is 1. The zero-order chi connectivity index (χ0) is 12.9. The summed E-state index contributed by atoms with van der Waals surface area (Å²) in [7, 11) is 0. The summed E-state index contributed by atoms with van der Waals surface area (Å²) in [5, 5.41) is 27.4. The van der Waals surface area contributed by atoms with Crippen LogP contribution in [0.3, 0.4) is 0 Å². The Morgan fingerprint density at radius 3 is 2.41 bits per heavy atom. The van der Waals surface area contributed by atoms with E-state index in [-0.39, 0.29) is 32.0 Å². The van der Waals surface area contributed by atoms with Gasteiger partial charge in [-0.2, -0.15) is 0 Å². The Labute approximate surface area is 101 Å². The zero-order valence-electron chi connectivity index (χ0n) is 10.1. The largest absolute Gasteiger partial charge is 0.445 e. The highest BCUT2D eigenvalue weighted by atomic mass is 16.6. The number of hydrogen-bond acceptors (Lipinski definition) is 6. The molecule has 2 unspecified atom stereocenters. The topological polar surface area (TPSA) is 90.0 Å². The predicted molar refractivity (Wildman–Crippen MR) is 60.1 cm³/mol. The van der Waals surface area contributed by atoms with Crippen LogP contribution in [0.2, 0.25) is 0 Å². The van der Waals surface area contributed by atoms with Crippen LogP contribution in [0.1, 0.15) is 19.8 Å². The lowest BCUT2D eigenvalue weighted by molar-refractivity contribution is -0.146. The molecular formula is C11H21NO5. The Morgan fingerprint density at radius 2 is 1.94 bits per heavy atom. The number of nitrogens with zero attached hydrogens (tertiary/aromatic N) is 1. The van der Waals surface area contributed by atoms with Crippen LogP contribution in [0.4, 0.5) is 0 Å². The minimum atomic E-state index is -0.845. The number of aliphatic hydroxyl groups excluding tert-OH is 3. The normalized spacial score (nSPS) is 23.5. The van der Waals surface area contributed by atoms with Gasteiger partial charge >= 0.3 is 5.97 Å². The van der Waals surface area contributed by atoms with Gasteiger partial charge in [0.1, 0.15) is 0 Å². The molecule has 6 nitrogen and oxygen atoms in total. The van der Waals surface area contributed by atoms with Gasteiger partial charge in [-0.25, -0.2) is 0 Å². The molecule has 1 heterocycles. The molecular weight excluding hydrogens is 226 g/mol. The van der Waals surface area contributed by atoms with Gasteiger partial charge in [0.2, 0.25) is 0 Å². The molecule has 1 aliphatic heterocycles. The second kappa shape index (κ2) is 6.30. The van der Waals surface area contributed by atoms with Crippen molar-refractivity contribution in [1.82, 2.24) is 4.90 Å². The summed E-state index contributed by atoms with van der Waals surface area (Å²) in [5.74, 6) is -0.227. The summed E-state index contributed by atoms with van der Waals surface area (Å²) in [5.41, 5.74) is -0.845. The van der Waals surface area contributed by atoms with E-state index in [1.54, 1.807) is 6.92 Å². The Morgan fingerprint density at radius 1 is 1.35 bits per heavy atom. The number of hydrogen-bond donors (Lipinski definition) is 3. The van der Waals surface area contributed by atoms with Gasteiger partial charge in [0, 0.05) is 18.4 Å². The fraction of sp³-hybridized carbons (Fsp3) is 0.909. The second-order valence-electron chi connectivity index (χ2n) is 4.52. The van der Waals surface area contributed by atoms with E-state index in [0.717, 1.165) is 0 Å². The van der Waals surface area contributed by atoms with Crippen molar-refractivity contribution in [3.05, 3.63) is 0 Å². The lowest BCUT2D eigenvalue weighted by Gasteiger charge is -2.27. The minimum Gasteiger partial charge on any atom is -0.445 e. The standard InChI is InChI=1S/C11H21NO5/c1-2-10(16)17-9-5-12(9)4-3-11(6-13,7-14)8-15/h9,13-15H,2-8H2,1H3. The van der Waals surface area contributed by atoms with Gasteiger partial charge in [-0.3, -0.25) is 9.69 Å². The number of rotatable bonds is 8. The summed E-state index contributed by atoms with van der Waals surface area (Å²) in [6.45, 7) is 2.24. The maximum atomic E-state index is 11.0. The van der Waals surface area contributed by atoms with E-state index in [1.165, 1.54) is 0 Å². The van der Waals surface area contributed by atoms with Crippen LogP contribution in [0.15, 0.2) is 0 Å². The van der Waals surface area contributed by atoms with Gasteiger partial charge < -0.3 is 20.1 Å². The van der Waals surface area contributed by atoms with Crippen LogP contribution < -0.4 is 0 Å². The minimum absolute atomic E-state index is 0.170. The monoisotopic (exact) mass is 247 g/mol. The number of aliphatic hydroxyl groups is 3. The van der Waals surface area contributed by atoms with Crippen molar-refractivity contribution in [3.8, 4) is 0 Å². The van der Waals surface area contributed by atoms with Crippen LogP contribution in [0, 0.1) is 5.41 Å². The number of esters is 1. The number of carbonyl (C=O) groups is 1. The lowest BCUT2D eigenvalue weighted by Crippen LogP contribution is -2.36. The molecule has 17 heavy (non-hydrogen) atoms. The van der Waals surface area contributed by atoms with Crippen LogP contribution in [-0.4, -0.2) is 65.3 Å². The Hall–Kier alpha value is -0.690. The second-order valence-corrected chi connectivity index (χ2v) is 4.52. The highest BCUT2D eigenvalue weighted by molar-refractivity contribution is 5.69. The Bertz CT molecular complexity index is 246. The molecule has 1 aliphatic rings. The third kappa shape index (κ3) is 3.92. The van der Waals surface area contributed by atoms with E-state index in [2.05, 4.69) is 0 Å². The van der Waals surface area contributed by atoms with Crippen molar-refractivity contribution < 1.29 is 24.9 Å². The van der Waals surface area contributed by atoms with E-state index in [9.17, 15) is 4.79 Å². The van der Waals surface area contributed by atoms with Gasteiger partial charge in [-0.15, -0.1) is 0 Å². The van der Waals surface area contributed by atoms with Gasteiger partial charge in [-0.05, 0) is 6.42 Å². The molecule has 0 spiro atoms. The SMILES string of the molecule is CCC(=O)OC1CN1CCC(CO)(CO)CO. The quantitative estimate of drug-likeness (QED) is 0.374. The molecule has 0 radical (unpaired) electrons. The molecule has 1 fully saturated rings. The molecule has 6 heteroatoms. The third-order valence-corrected chi connectivity index (χ3v) is 3.16. The molecule has 0 amide bonds. The van der Waals surface area contributed by atoms with Crippen molar-refractivity contribution in [1.29, 1.82) is 0 Å². The average Bonchev–Trinajstić information content (AvgIpc) is 3.10. The first-order chi connectivity index (χ1) is 8.10. The van der Waals surface area contributed by atoms with Crippen LogP contribution in [0.5, 0.6) is 0 Å². The Kier molecular flexibility index (Phi) is 5.32. The molecule has 1 rings (SSSR count). The predicted octanol–water partition coefficient (Wildman–Crippen LogP) is -1.07. The van der Waals surface area contributed by atoms with Crippen molar-refractivity contribution in [2.24, 2.45) is 5.41 Å². The Balaban J connectivity index is 2.26. The zero-order valence-corrected chi connectivity index (χ0v) is 10.1. The van der Waals surface area contributed by atoms with Gasteiger partial charge in [0.15, 0.2) is 6.23 Å². The van der Waals surface area contributed by atoms with Gasteiger partial charge in [0.25, 0.3) is 0 Å². The van der Waals surface area contributed by atoms with Crippen molar-refractivity contribution in [2.45, 2.75) is 26.0 Å². The van der Waals surface area contributed by atoms with Crippen molar-refractivity contribution in [3.63, 3.8) is 0 Å². The van der Waals surface area contributed by atoms with E-state index in [0.29, 0.717) is 25.9 Å². The first-order valence-corrected chi connectivity index (χ1v) is 5.87. The van der Waals surface area contributed by atoms with E-state index < -0.39 is 5.41 Å². The molecule has 0 aliphatic carbocycles. The summed E-state index contributed by atoms with van der Waals surface area (Å²) in [6, 6.07) is 0. The highest BCUT2D eigenvalue weighted by Crippen LogP contribution is 2.26. The van der Waals surface area contributed by atoms with E-state index >= 15 is 0 Å². The molecule has 0 aromatic carbocycles. The number of ether oxygens (including phenoxy) is 1. The molecule has 0 aromatic rings. The average molecular weight is 247 g/mol. The molecule has 0 aromatic heterocycles. The molecule has 0 saturated carbocycles. The van der Waals surface area contributed by atoms with Crippen LogP contribution in [-0.2, 0) is 9.53 Å². The third-order valence-electron chi connectivity index (χ3n) is 3.16. The first-order valence-electron chi connectivity index (χ1n) is 5.87. The van der Waals surface area contributed by atoms with Crippen molar-refractivity contribution in [2.75, 3.05) is 32.9 Å². The summed E-state index contributed by atoms with van der Waals surface area (Å²) in [4.78, 5) is 12.9. The molecule has 2 atom stereocenters. The summed E-state index contributed by atoms with van der Waals surface area (Å²) < 4.78 is 5.09. The van der Waals surface area contributed by atoms with Crippen LogP contribution in [0.25, 0.3) is 0 Å². The molecule has 100 valence electrons. The maximum Gasteiger partial charge on any atom is 0.307 e. The fourth-order valence-corrected chi connectivity index (χ4v) is 1.50. The maximum absolute atomic E-state index is 11.0. The van der Waals surface area contributed by atoms with Crippen LogP contribution >= 0.6 is 0 Å². The van der Waals surface area contributed by atoms with Crippen molar-refractivity contribution >= 4 is 5.97 Å². The fourth-order valence-electron chi connectivity index (χ4n) is 1.50. The smallest absolute Gasteiger partial charge is 0.307 e. The first kappa shape index (κ1) is 14.4. The van der Waals surface area contributed by atoms with E-state index in [1.807, 2.05) is 4.90 Å². The van der Waals surface area contributed by atoms with Gasteiger partial charge in [-0.1, -0.05) is 6.92 Å². The molecule has 0 bridgehead atoms. The molecule has 1 saturated heterocycles.